The van der Waals surface area contributed by atoms with Gasteiger partial charge in [-0.25, -0.2) is 0 Å². The lowest BCUT2D eigenvalue weighted by Crippen LogP contribution is -2.40. The number of carboxylic acids is 1. The number of aliphatic carboxylic acids is 1. The molecule has 0 radical (unpaired) electrons. The van der Waals surface area contributed by atoms with Gasteiger partial charge in [0.25, 0.3) is 5.91 Å². The Hall–Kier alpha value is -2.19. The molecule has 0 bridgehead atoms. The summed E-state index contributed by atoms with van der Waals surface area (Å²) in [5.41, 5.74) is 1.90. The number of carboxylic acid groups (broad SMARTS) is 1. The smallest absolute Gasteiger partial charge is 0.306 e. The lowest BCUT2D eigenvalue weighted by molar-refractivity contribution is -0.142. The number of amides is 1. The van der Waals surface area contributed by atoms with Gasteiger partial charge in [0, 0.05) is 52.8 Å². The van der Waals surface area contributed by atoms with Crippen molar-refractivity contribution in [3.63, 3.8) is 0 Å². The van der Waals surface area contributed by atoms with E-state index in [4.69, 9.17) is 27.9 Å². The predicted molar refractivity (Wildman–Crippen MR) is 136 cm³/mol. The Bertz CT molecular complexity index is 1100. The van der Waals surface area contributed by atoms with Gasteiger partial charge in [-0.15, -0.1) is 0 Å². The molecule has 1 N–H and O–H groups in total. The van der Waals surface area contributed by atoms with E-state index < -0.39 is 5.97 Å². The average Bonchev–Trinajstić information content (AvgIpc) is 2.87. The van der Waals surface area contributed by atoms with E-state index in [1.54, 1.807) is 11.0 Å². The van der Waals surface area contributed by atoms with Crippen LogP contribution in [0.5, 0.6) is 0 Å². The molecule has 1 amide bonds. The molecule has 0 saturated carbocycles. The first-order chi connectivity index (χ1) is 16.3. The Balaban J connectivity index is 1.47. The van der Waals surface area contributed by atoms with E-state index in [0.717, 1.165) is 15.5 Å². The van der Waals surface area contributed by atoms with Crippen molar-refractivity contribution >= 4 is 58.1 Å². The maximum atomic E-state index is 12.8. The SMILES string of the molecule is C=C(C(=O)N1CCOCC1)c1ccc(Sc2cccc(N3CCC(C(=O)O)CC3)c2)c(Cl)c1Cl. The van der Waals surface area contributed by atoms with Crippen molar-refractivity contribution < 1.29 is 19.4 Å². The summed E-state index contributed by atoms with van der Waals surface area (Å²) in [4.78, 5) is 29.7. The molecule has 2 aromatic rings. The van der Waals surface area contributed by atoms with Crippen LogP contribution in [0.25, 0.3) is 5.57 Å². The van der Waals surface area contributed by atoms with E-state index in [1.165, 1.54) is 11.8 Å². The molecular formula is C25H26Cl2N2O4S. The summed E-state index contributed by atoms with van der Waals surface area (Å²) in [6, 6.07) is 11.7. The second-order valence-corrected chi connectivity index (χ2v) is 10.2. The van der Waals surface area contributed by atoms with Crippen molar-refractivity contribution in [2.24, 2.45) is 5.92 Å². The van der Waals surface area contributed by atoms with E-state index >= 15 is 0 Å². The minimum atomic E-state index is -0.715. The van der Waals surface area contributed by atoms with Crippen LogP contribution in [-0.2, 0) is 14.3 Å². The number of hydrogen-bond donors (Lipinski definition) is 1. The number of halogens is 2. The van der Waals surface area contributed by atoms with Crippen LogP contribution in [0.3, 0.4) is 0 Å². The molecule has 2 fully saturated rings. The third-order valence-corrected chi connectivity index (χ3v) is 8.23. The van der Waals surface area contributed by atoms with Crippen LogP contribution >= 0.6 is 35.0 Å². The largest absolute Gasteiger partial charge is 0.481 e. The predicted octanol–water partition coefficient (Wildman–Crippen LogP) is 5.32. The first-order valence-electron chi connectivity index (χ1n) is 11.1. The molecule has 0 unspecified atom stereocenters. The third-order valence-electron chi connectivity index (χ3n) is 6.18. The van der Waals surface area contributed by atoms with Crippen LogP contribution < -0.4 is 4.90 Å². The normalized spacial score (nSPS) is 17.0. The average molecular weight is 521 g/mol. The number of hydrogen-bond acceptors (Lipinski definition) is 5. The van der Waals surface area contributed by atoms with Crippen molar-refractivity contribution in [1.82, 2.24) is 4.90 Å². The number of benzene rings is 2. The van der Waals surface area contributed by atoms with Gasteiger partial charge in [-0.3, -0.25) is 9.59 Å². The minimum absolute atomic E-state index is 0.166. The van der Waals surface area contributed by atoms with Crippen LogP contribution in [0.4, 0.5) is 5.69 Å². The van der Waals surface area contributed by atoms with Crippen molar-refractivity contribution in [2.45, 2.75) is 22.6 Å². The summed E-state index contributed by atoms with van der Waals surface area (Å²) in [6.07, 6.45) is 1.28. The number of anilines is 1. The fourth-order valence-electron chi connectivity index (χ4n) is 4.17. The first-order valence-corrected chi connectivity index (χ1v) is 12.7. The van der Waals surface area contributed by atoms with Gasteiger partial charge in [0.2, 0.25) is 0 Å². The van der Waals surface area contributed by atoms with E-state index in [1.807, 2.05) is 24.3 Å². The Morgan fingerprint density at radius 1 is 1.03 bits per heavy atom. The highest BCUT2D eigenvalue weighted by atomic mass is 35.5. The van der Waals surface area contributed by atoms with Crippen molar-refractivity contribution in [3.8, 4) is 0 Å². The molecule has 0 aromatic heterocycles. The zero-order chi connectivity index (χ0) is 24.2. The second kappa shape index (κ2) is 11.0. The molecular weight excluding hydrogens is 495 g/mol. The van der Waals surface area contributed by atoms with Crippen molar-refractivity contribution in [3.05, 3.63) is 58.6 Å². The molecule has 0 atom stereocenters. The lowest BCUT2D eigenvalue weighted by atomic mass is 9.97. The molecule has 0 aliphatic carbocycles. The fourth-order valence-corrected chi connectivity index (χ4v) is 5.69. The quantitative estimate of drug-likeness (QED) is 0.520. The Morgan fingerprint density at radius 2 is 1.74 bits per heavy atom. The van der Waals surface area contributed by atoms with E-state index in [0.29, 0.717) is 73.4 Å². The second-order valence-electron chi connectivity index (χ2n) is 8.32. The molecule has 9 heteroatoms. The van der Waals surface area contributed by atoms with Crippen LogP contribution in [-0.4, -0.2) is 61.3 Å². The van der Waals surface area contributed by atoms with Gasteiger partial charge in [0.05, 0.1) is 29.2 Å². The summed E-state index contributed by atoms with van der Waals surface area (Å²) in [7, 11) is 0. The number of carbonyl (C=O) groups is 2. The molecule has 2 aliphatic heterocycles. The summed E-state index contributed by atoms with van der Waals surface area (Å²) < 4.78 is 5.31. The summed E-state index contributed by atoms with van der Waals surface area (Å²) >= 11 is 14.7. The van der Waals surface area contributed by atoms with Gasteiger partial charge in [0.1, 0.15) is 0 Å². The standard InChI is InChI=1S/C25H26Cl2N2O4S/c1-16(24(30)29-11-13-33-14-12-29)20-5-6-21(23(27)22(20)26)34-19-4-2-3-18(15-19)28-9-7-17(8-10-28)25(31)32/h2-6,15,17H,1,7-14H2,(H,31,32). The van der Waals surface area contributed by atoms with Gasteiger partial charge in [-0.1, -0.05) is 53.7 Å². The van der Waals surface area contributed by atoms with Crippen molar-refractivity contribution in [2.75, 3.05) is 44.3 Å². The number of carbonyl (C=O) groups excluding carboxylic acids is 1. The zero-order valence-corrected chi connectivity index (χ0v) is 21.0. The maximum Gasteiger partial charge on any atom is 0.306 e. The molecule has 2 aliphatic rings. The summed E-state index contributed by atoms with van der Waals surface area (Å²) in [6.45, 7) is 7.48. The van der Waals surface area contributed by atoms with Gasteiger partial charge < -0.3 is 19.6 Å². The summed E-state index contributed by atoms with van der Waals surface area (Å²) in [5.74, 6) is -1.15. The van der Waals surface area contributed by atoms with Crippen LogP contribution in [0.2, 0.25) is 10.0 Å². The molecule has 2 saturated heterocycles. The monoisotopic (exact) mass is 520 g/mol. The van der Waals surface area contributed by atoms with Crippen LogP contribution in [0.15, 0.2) is 52.8 Å². The van der Waals surface area contributed by atoms with Gasteiger partial charge in [0.15, 0.2) is 0 Å². The summed E-state index contributed by atoms with van der Waals surface area (Å²) in [5, 5.41) is 9.92. The number of piperidine rings is 1. The zero-order valence-electron chi connectivity index (χ0n) is 18.6. The Morgan fingerprint density at radius 3 is 2.41 bits per heavy atom. The van der Waals surface area contributed by atoms with E-state index in [-0.39, 0.29) is 11.8 Å². The maximum absolute atomic E-state index is 12.8. The van der Waals surface area contributed by atoms with Gasteiger partial charge >= 0.3 is 5.97 Å². The third kappa shape index (κ3) is 5.54. The van der Waals surface area contributed by atoms with Gasteiger partial charge in [-0.2, -0.15) is 0 Å². The Kier molecular flexibility index (Phi) is 8.09. The Labute approximate surface area is 213 Å². The number of rotatable bonds is 6. The van der Waals surface area contributed by atoms with Crippen LogP contribution in [0, 0.1) is 5.92 Å². The number of morpholine rings is 1. The topological polar surface area (TPSA) is 70.1 Å². The molecule has 180 valence electrons. The highest BCUT2D eigenvalue weighted by Gasteiger charge is 2.25. The van der Waals surface area contributed by atoms with E-state index in [2.05, 4.69) is 17.5 Å². The van der Waals surface area contributed by atoms with Crippen LogP contribution in [0.1, 0.15) is 18.4 Å². The molecule has 2 heterocycles. The van der Waals surface area contributed by atoms with E-state index in [9.17, 15) is 14.7 Å². The minimum Gasteiger partial charge on any atom is -0.481 e. The number of nitrogens with zero attached hydrogens (tertiary/aromatic N) is 2. The van der Waals surface area contributed by atoms with Crippen molar-refractivity contribution in [1.29, 1.82) is 0 Å². The molecule has 0 spiro atoms. The molecule has 2 aromatic carbocycles. The molecule has 6 nitrogen and oxygen atoms in total. The highest BCUT2D eigenvalue weighted by molar-refractivity contribution is 7.99. The lowest BCUT2D eigenvalue weighted by Gasteiger charge is -2.32. The highest BCUT2D eigenvalue weighted by Crippen LogP contribution is 2.41. The molecule has 34 heavy (non-hydrogen) atoms. The van der Waals surface area contributed by atoms with Gasteiger partial charge in [-0.05, 0) is 37.1 Å². The fraction of sp³-hybridized carbons (Fsp3) is 0.360. The number of ether oxygens (including phenoxy) is 1. The first kappa shape index (κ1) is 24.9. The molecule has 4 rings (SSSR count).